The van der Waals surface area contributed by atoms with E-state index in [0.717, 1.165) is 10.4 Å². The van der Waals surface area contributed by atoms with Gasteiger partial charge in [0.1, 0.15) is 0 Å². The van der Waals surface area contributed by atoms with Gasteiger partial charge in [-0.15, -0.1) is 0 Å². The van der Waals surface area contributed by atoms with E-state index in [4.69, 9.17) is 14.6 Å². The molecule has 2 N–H and O–H groups in total. The summed E-state index contributed by atoms with van der Waals surface area (Å²) < 4.78 is 11.2. The van der Waals surface area contributed by atoms with Crippen LogP contribution in [0.1, 0.15) is 12.7 Å². The summed E-state index contributed by atoms with van der Waals surface area (Å²) in [6.07, 6.45) is 0. The van der Waals surface area contributed by atoms with Crippen molar-refractivity contribution in [3.05, 3.63) is 60.4 Å². The van der Waals surface area contributed by atoms with E-state index in [-0.39, 0.29) is 11.6 Å². The van der Waals surface area contributed by atoms with Crippen molar-refractivity contribution in [3.63, 3.8) is 0 Å². The summed E-state index contributed by atoms with van der Waals surface area (Å²) in [4.78, 5) is 0. The number of para-hydroxylation sites is 2. The summed E-state index contributed by atoms with van der Waals surface area (Å²) in [7, 11) is 0. The van der Waals surface area contributed by atoms with Gasteiger partial charge in [-0.25, -0.2) is 5.06 Å². The zero-order valence-corrected chi connectivity index (χ0v) is 12.1. The van der Waals surface area contributed by atoms with Crippen LogP contribution in [0.2, 0.25) is 0 Å². The number of nitrogens with zero attached hydrogens (tertiary/aromatic N) is 1. The number of nitrogens with one attached hydrogen (secondary N) is 1. The van der Waals surface area contributed by atoms with Crippen molar-refractivity contribution in [1.29, 1.82) is 5.41 Å². The lowest BCUT2D eigenvalue weighted by Crippen LogP contribution is -2.26. The molecule has 0 bridgehead atoms. The molecule has 3 aromatic rings. The summed E-state index contributed by atoms with van der Waals surface area (Å²) in [6, 6.07) is 16.1. The minimum atomic E-state index is -0.134. The molecule has 0 unspecified atom stereocenters. The third-order valence-corrected chi connectivity index (χ3v) is 3.25. The molecule has 0 saturated carbocycles. The Bertz CT molecular complexity index is 796. The Morgan fingerprint density at radius 2 is 1.95 bits per heavy atom. The zero-order valence-electron chi connectivity index (χ0n) is 12.1. The number of amidine groups is 1. The highest BCUT2D eigenvalue weighted by Gasteiger charge is 2.17. The number of anilines is 1. The van der Waals surface area contributed by atoms with Crippen LogP contribution in [0.4, 0.5) is 5.69 Å². The van der Waals surface area contributed by atoms with Gasteiger partial charge in [-0.1, -0.05) is 30.3 Å². The van der Waals surface area contributed by atoms with Gasteiger partial charge in [-0.05, 0) is 31.2 Å². The maximum atomic E-state index is 10.2. The highest BCUT2D eigenvalue weighted by atomic mass is 16.5. The summed E-state index contributed by atoms with van der Waals surface area (Å²) in [5.74, 6) is 0.765. The number of rotatable bonds is 4. The van der Waals surface area contributed by atoms with Crippen molar-refractivity contribution < 1.29 is 14.4 Å². The molecule has 0 spiro atoms. The fourth-order valence-electron chi connectivity index (χ4n) is 2.22. The van der Waals surface area contributed by atoms with Gasteiger partial charge in [0.25, 0.3) is 0 Å². The quantitative estimate of drug-likeness (QED) is 0.433. The number of hydrogen-bond donors (Lipinski definition) is 2. The van der Waals surface area contributed by atoms with Gasteiger partial charge < -0.3 is 9.15 Å². The summed E-state index contributed by atoms with van der Waals surface area (Å²) in [5, 5.41) is 19.9. The fourth-order valence-corrected chi connectivity index (χ4v) is 2.22. The third-order valence-electron chi connectivity index (χ3n) is 3.25. The molecule has 0 aliphatic heterocycles. The standard InChI is InChI=1S/C17H16N2O3/c1-2-21-14-10-6-7-12-11-15(22-16(12)14)17(18)19(20)13-8-4-3-5-9-13/h3-11,18,20H,2H2,1H3. The fraction of sp³-hybridized carbons (Fsp3) is 0.118. The lowest BCUT2D eigenvalue weighted by Gasteiger charge is -2.15. The predicted molar refractivity (Wildman–Crippen MR) is 84.9 cm³/mol. The van der Waals surface area contributed by atoms with Gasteiger partial charge in [0.2, 0.25) is 0 Å². The maximum absolute atomic E-state index is 10.2. The predicted octanol–water partition coefficient (Wildman–Crippen LogP) is 4.05. The maximum Gasteiger partial charge on any atom is 0.193 e. The summed E-state index contributed by atoms with van der Waals surface area (Å²) in [6.45, 7) is 2.43. The van der Waals surface area contributed by atoms with Gasteiger partial charge in [0.15, 0.2) is 22.9 Å². The monoisotopic (exact) mass is 296 g/mol. The van der Waals surface area contributed by atoms with Crippen LogP contribution in [0.5, 0.6) is 5.75 Å². The molecule has 0 saturated heterocycles. The van der Waals surface area contributed by atoms with Gasteiger partial charge in [0, 0.05) is 5.39 Å². The molecule has 0 aliphatic rings. The molecular formula is C17H16N2O3. The van der Waals surface area contributed by atoms with Crippen LogP contribution in [0.3, 0.4) is 0 Å². The minimum absolute atomic E-state index is 0.134. The summed E-state index contributed by atoms with van der Waals surface area (Å²) in [5.41, 5.74) is 1.07. The first kappa shape index (κ1) is 14.2. The normalized spacial score (nSPS) is 10.6. The lowest BCUT2D eigenvalue weighted by atomic mass is 10.2. The highest BCUT2D eigenvalue weighted by Crippen LogP contribution is 2.29. The number of hydroxylamine groups is 1. The molecule has 22 heavy (non-hydrogen) atoms. The lowest BCUT2D eigenvalue weighted by molar-refractivity contribution is 0.309. The molecular weight excluding hydrogens is 280 g/mol. The minimum Gasteiger partial charge on any atom is -0.490 e. The van der Waals surface area contributed by atoms with Gasteiger partial charge in [-0.3, -0.25) is 10.6 Å². The van der Waals surface area contributed by atoms with Crippen molar-refractivity contribution in [2.75, 3.05) is 11.7 Å². The Kier molecular flexibility index (Phi) is 3.80. The van der Waals surface area contributed by atoms with E-state index in [2.05, 4.69) is 0 Å². The van der Waals surface area contributed by atoms with Crippen molar-refractivity contribution in [1.82, 2.24) is 0 Å². The van der Waals surface area contributed by atoms with Gasteiger partial charge in [-0.2, -0.15) is 0 Å². The molecule has 0 amide bonds. The first-order valence-corrected chi connectivity index (χ1v) is 6.99. The average Bonchev–Trinajstić information content (AvgIpc) is 3.00. The first-order valence-electron chi connectivity index (χ1n) is 6.99. The van der Waals surface area contributed by atoms with E-state index >= 15 is 0 Å². The molecule has 0 radical (unpaired) electrons. The van der Waals surface area contributed by atoms with E-state index in [1.54, 1.807) is 30.3 Å². The Morgan fingerprint density at radius 1 is 1.18 bits per heavy atom. The van der Waals surface area contributed by atoms with Crippen LogP contribution in [0.25, 0.3) is 11.0 Å². The van der Waals surface area contributed by atoms with Crippen molar-refractivity contribution >= 4 is 22.5 Å². The van der Waals surface area contributed by atoms with E-state index < -0.39 is 0 Å². The Labute approximate surface area is 127 Å². The van der Waals surface area contributed by atoms with Crippen molar-refractivity contribution in [2.45, 2.75) is 6.92 Å². The molecule has 1 heterocycles. The number of fused-ring (bicyclic) bond motifs is 1. The Hall–Kier alpha value is -2.79. The van der Waals surface area contributed by atoms with E-state index in [0.29, 0.717) is 23.6 Å². The van der Waals surface area contributed by atoms with Crippen LogP contribution in [0, 0.1) is 5.41 Å². The van der Waals surface area contributed by atoms with Crippen LogP contribution < -0.4 is 9.80 Å². The van der Waals surface area contributed by atoms with Crippen LogP contribution in [-0.4, -0.2) is 17.6 Å². The SMILES string of the molecule is CCOc1cccc2cc(C(=N)N(O)c3ccccc3)oc12. The largest absolute Gasteiger partial charge is 0.490 e. The van der Waals surface area contributed by atoms with Crippen LogP contribution in [0.15, 0.2) is 59.0 Å². The van der Waals surface area contributed by atoms with Gasteiger partial charge >= 0.3 is 0 Å². The topological polar surface area (TPSA) is 69.7 Å². The molecule has 3 rings (SSSR count). The molecule has 5 heteroatoms. The van der Waals surface area contributed by atoms with E-state index in [1.807, 2.05) is 31.2 Å². The highest BCUT2D eigenvalue weighted by molar-refractivity contribution is 6.06. The van der Waals surface area contributed by atoms with Crippen molar-refractivity contribution in [2.24, 2.45) is 0 Å². The number of ether oxygens (including phenoxy) is 1. The van der Waals surface area contributed by atoms with Crippen LogP contribution in [-0.2, 0) is 0 Å². The molecule has 0 fully saturated rings. The molecule has 2 aromatic carbocycles. The van der Waals surface area contributed by atoms with E-state index in [9.17, 15) is 5.21 Å². The molecule has 112 valence electrons. The van der Waals surface area contributed by atoms with Gasteiger partial charge in [0.05, 0.1) is 12.3 Å². The first-order chi connectivity index (χ1) is 10.7. The van der Waals surface area contributed by atoms with E-state index in [1.165, 1.54) is 0 Å². The summed E-state index contributed by atoms with van der Waals surface area (Å²) >= 11 is 0. The molecule has 0 atom stereocenters. The Morgan fingerprint density at radius 3 is 2.68 bits per heavy atom. The zero-order chi connectivity index (χ0) is 15.5. The molecule has 1 aromatic heterocycles. The van der Waals surface area contributed by atoms with Crippen molar-refractivity contribution in [3.8, 4) is 5.75 Å². The second-order valence-corrected chi connectivity index (χ2v) is 4.71. The Balaban J connectivity index is 1.96. The average molecular weight is 296 g/mol. The number of hydrogen-bond acceptors (Lipinski definition) is 4. The smallest absolute Gasteiger partial charge is 0.193 e. The molecule has 0 aliphatic carbocycles. The second kappa shape index (κ2) is 5.91. The van der Waals surface area contributed by atoms with Crippen LogP contribution >= 0.6 is 0 Å². The molecule has 5 nitrogen and oxygen atoms in total. The second-order valence-electron chi connectivity index (χ2n) is 4.71. The number of benzene rings is 2. The number of furan rings is 1. The third kappa shape index (κ3) is 2.54.